The SMILES string of the molecule is CN=C(NCc1nccs1)N(C)Cc1ccc(Br)cc1.I. The summed E-state index contributed by atoms with van der Waals surface area (Å²) < 4.78 is 1.09. The van der Waals surface area contributed by atoms with Crippen LogP contribution >= 0.6 is 51.2 Å². The molecule has 0 bridgehead atoms. The topological polar surface area (TPSA) is 40.5 Å². The van der Waals surface area contributed by atoms with Gasteiger partial charge in [-0.25, -0.2) is 4.98 Å². The number of nitrogens with zero attached hydrogens (tertiary/aromatic N) is 3. The first-order valence-corrected chi connectivity index (χ1v) is 7.91. The van der Waals surface area contributed by atoms with Gasteiger partial charge in [0.25, 0.3) is 0 Å². The molecule has 0 radical (unpaired) electrons. The first kappa shape index (κ1) is 18.4. The maximum atomic E-state index is 4.30. The third-order valence-corrected chi connectivity index (χ3v) is 4.10. The van der Waals surface area contributed by atoms with E-state index in [9.17, 15) is 0 Å². The van der Waals surface area contributed by atoms with Gasteiger partial charge in [-0.05, 0) is 17.7 Å². The summed E-state index contributed by atoms with van der Waals surface area (Å²) in [4.78, 5) is 10.6. The molecular weight excluding hydrogens is 463 g/mol. The summed E-state index contributed by atoms with van der Waals surface area (Å²) in [6.45, 7) is 1.51. The normalized spacial score (nSPS) is 10.9. The number of halogens is 2. The highest BCUT2D eigenvalue weighted by Gasteiger charge is 2.07. The molecule has 0 aliphatic rings. The zero-order chi connectivity index (χ0) is 14.4. The predicted octanol–water partition coefficient (Wildman–Crippen LogP) is 3.73. The highest BCUT2D eigenvalue weighted by Crippen LogP contribution is 2.12. The van der Waals surface area contributed by atoms with Gasteiger partial charge in [-0.1, -0.05) is 28.1 Å². The van der Waals surface area contributed by atoms with Crippen molar-refractivity contribution in [3.63, 3.8) is 0 Å². The van der Waals surface area contributed by atoms with Crippen LogP contribution in [0.3, 0.4) is 0 Å². The molecule has 1 N–H and O–H groups in total. The lowest BCUT2D eigenvalue weighted by molar-refractivity contribution is 0.476. The van der Waals surface area contributed by atoms with Gasteiger partial charge in [0.05, 0.1) is 6.54 Å². The van der Waals surface area contributed by atoms with E-state index < -0.39 is 0 Å². The van der Waals surface area contributed by atoms with Crippen LogP contribution in [-0.4, -0.2) is 29.9 Å². The molecular formula is C14H18BrIN4S. The molecule has 0 saturated heterocycles. The average Bonchev–Trinajstić information content (AvgIpc) is 2.95. The number of aliphatic imine (C=N–C) groups is 1. The fourth-order valence-electron chi connectivity index (χ4n) is 1.82. The molecule has 0 atom stereocenters. The van der Waals surface area contributed by atoms with Crippen LogP contribution in [0.15, 0.2) is 45.3 Å². The number of nitrogens with one attached hydrogen (secondary N) is 1. The summed E-state index contributed by atoms with van der Waals surface area (Å²) in [5.41, 5.74) is 1.24. The van der Waals surface area contributed by atoms with Crippen molar-refractivity contribution in [1.82, 2.24) is 15.2 Å². The van der Waals surface area contributed by atoms with Gasteiger partial charge in [-0.15, -0.1) is 35.3 Å². The van der Waals surface area contributed by atoms with Gasteiger partial charge in [-0.2, -0.15) is 0 Å². The monoisotopic (exact) mass is 480 g/mol. The molecule has 0 aliphatic heterocycles. The lowest BCUT2D eigenvalue weighted by Gasteiger charge is -2.21. The minimum atomic E-state index is 0. The van der Waals surface area contributed by atoms with Gasteiger partial charge in [0.15, 0.2) is 5.96 Å². The predicted molar refractivity (Wildman–Crippen MR) is 103 cm³/mol. The second-order valence-corrected chi connectivity index (χ2v) is 6.20. The summed E-state index contributed by atoms with van der Waals surface area (Å²) in [5.74, 6) is 0.864. The van der Waals surface area contributed by atoms with E-state index in [-0.39, 0.29) is 24.0 Å². The summed E-state index contributed by atoms with van der Waals surface area (Å²) in [5, 5.41) is 6.35. The van der Waals surface area contributed by atoms with Crippen LogP contribution in [0.2, 0.25) is 0 Å². The third-order valence-electron chi connectivity index (χ3n) is 2.79. The minimum absolute atomic E-state index is 0. The lowest BCUT2D eigenvalue weighted by atomic mass is 10.2. The molecule has 0 saturated carbocycles. The van der Waals surface area contributed by atoms with Crippen LogP contribution in [0.4, 0.5) is 0 Å². The van der Waals surface area contributed by atoms with Gasteiger partial charge in [0, 0.05) is 36.7 Å². The third kappa shape index (κ3) is 5.91. The Bertz CT molecular complexity index is 557. The fourth-order valence-corrected chi connectivity index (χ4v) is 2.64. The molecule has 0 unspecified atom stereocenters. The van der Waals surface area contributed by atoms with Crippen LogP contribution < -0.4 is 5.32 Å². The number of hydrogen-bond donors (Lipinski definition) is 1. The molecule has 114 valence electrons. The minimum Gasteiger partial charge on any atom is -0.350 e. The fraction of sp³-hybridized carbons (Fsp3) is 0.286. The summed E-state index contributed by atoms with van der Waals surface area (Å²) in [6, 6.07) is 8.31. The molecule has 0 aliphatic carbocycles. The molecule has 1 heterocycles. The molecule has 1 aromatic heterocycles. The maximum absolute atomic E-state index is 4.30. The lowest BCUT2D eigenvalue weighted by Crippen LogP contribution is -2.38. The first-order valence-electron chi connectivity index (χ1n) is 6.23. The van der Waals surface area contributed by atoms with E-state index in [1.807, 2.05) is 18.6 Å². The quantitative estimate of drug-likeness (QED) is 0.411. The smallest absolute Gasteiger partial charge is 0.194 e. The van der Waals surface area contributed by atoms with E-state index in [0.29, 0.717) is 6.54 Å². The van der Waals surface area contributed by atoms with Crippen molar-refractivity contribution in [2.45, 2.75) is 13.1 Å². The molecule has 0 spiro atoms. The second kappa shape index (κ2) is 9.37. The molecule has 2 rings (SSSR count). The highest BCUT2D eigenvalue weighted by molar-refractivity contribution is 14.0. The molecule has 0 amide bonds. The van der Waals surface area contributed by atoms with Crippen LogP contribution in [0.1, 0.15) is 10.6 Å². The Kier molecular flexibility index (Phi) is 8.20. The second-order valence-electron chi connectivity index (χ2n) is 4.31. The van der Waals surface area contributed by atoms with Gasteiger partial charge in [0.2, 0.25) is 0 Å². The van der Waals surface area contributed by atoms with Crippen LogP contribution in [0.5, 0.6) is 0 Å². The number of benzene rings is 1. The molecule has 1 aromatic carbocycles. The first-order chi connectivity index (χ1) is 9.69. The zero-order valence-corrected chi connectivity index (χ0v) is 16.6. The van der Waals surface area contributed by atoms with E-state index in [0.717, 1.165) is 22.0 Å². The molecule has 21 heavy (non-hydrogen) atoms. The number of guanidine groups is 1. The molecule has 7 heteroatoms. The van der Waals surface area contributed by atoms with Gasteiger partial charge >= 0.3 is 0 Å². The van der Waals surface area contributed by atoms with Crippen molar-refractivity contribution in [1.29, 1.82) is 0 Å². The highest BCUT2D eigenvalue weighted by atomic mass is 127. The van der Waals surface area contributed by atoms with E-state index in [4.69, 9.17) is 0 Å². The number of aromatic nitrogens is 1. The van der Waals surface area contributed by atoms with E-state index >= 15 is 0 Å². The summed E-state index contributed by atoms with van der Waals surface area (Å²) in [6.07, 6.45) is 1.82. The van der Waals surface area contributed by atoms with Crippen molar-refractivity contribution in [3.8, 4) is 0 Å². The number of rotatable bonds is 4. The van der Waals surface area contributed by atoms with Crippen molar-refractivity contribution < 1.29 is 0 Å². The molecule has 4 nitrogen and oxygen atoms in total. The average molecular weight is 481 g/mol. The Morgan fingerprint density at radius 3 is 2.67 bits per heavy atom. The zero-order valence-electron chi connectivity index (χ0n) is 11.9. The van der Waals surface area contributed by atoms with E-state index in [2.05, 4.69) is 60.4 Å². The Hall–Kier alpha value is -0.670. The largest absolute Gasteiger partial charge is 0.350 e. The Morgan fingerprint density at radius 1 is 1.38 bits per heavy atom. The maximum Gasteiger partial charge on any atom is 0.194 e. The summed E-state index contributed by atoms with van der Waals surface area (Å²) >= 11 is 5.09. The van der Waals surface area contributed by atoms with Gasteiger partial charge in [0.1, 0.15) is 5.01 Å². The van der Waals surface area contributed by atoms with Crippen molar-refractivity contribution in [2.75, 3.05) is 14.1 Å². The number of thiazole rings is 1. The molecule has 2 aromatic rings. The standard InChI is InChI=1S/C14H17BrN4S.HI/c1-16-14(18-9-13-17-7-8-20-13)19(2)10-11-3-5-12(15)6-4-11;/h3-8H,9-10H2,1-2H3,(H,16,18);1H. The van der Waals surface area contributed by atoms with Crippen LogP contribution in [-0.2, 0) is 13.1 Å². The van der Waals surface area contributed by atoms with Crippen molar-refractivity contribution in [3.05, 3.63) is 50.9 Å². The van der Waals surface area contributed by atoms with Gasteiger partial charge < -0.3 is 10.2 Å². The van der Waals surface area contributed by atoms with Crippen molar-refractivity contribution >= 4 is 57.2 Å². The van der Waals surface area contributed by atoms with Crippen molar-refractivity contribution in [2.24, 2.45) is 4.99 Å². The van der Waals surface area contributed by atoms with Crippen LogP contribution in [0.25, 0.3) is 0 Å². The Balaban J connectivity index is 0.00000220. The summed E-state index contributed by atoms with van der Waals surface area (Å²) in [7, 11) is 3.82. The Morgan fingerprint density at radius 2 is 2.10 bits per heavy atom. The van der Waals surface area contributed by atoms with Gasteiger partial charge in [-0.3, -0.25) is 4.99 Å². The van der Waals surface area contributed by atoms with E-state index in [1.54, 1.807) is 18.4 Å². The molecule has 0 fully saturated rings. The van der Waals surface area contributed by atoms with Crippen LogP contribution in [0, 0.1) is 0 Å². The number of hydrogen-bond acceptors (Lipinski definition) is 3. The van der Waals surface area contributed by atoms with E-state index in [1.165, 1.54) is 5.56 Å². The Labute approximate surface area is 154 Å².